The van der Waals surface area contributed by atoms with Crippen LogP contribution in [0.3, 0.4) is 0 Å². The summed E-state index contributed by atoms with van der Waals surface area (Å²) >= 11 is 5.89. The van der Waals surface area contributed by atoms with Crippen LogP contribution < -0.4 is 10.5 Å². The molecule has 0 aromatic heterocycles. The number of nitrogens with two attached hydrogens (primary N) is 1. The third kappa shape index (κ3) is 4.93. The zero-order valence-electron chi connectivity index (χ0n) is 11.8. The van der Waals surface area contributed by atoms with Gasteiger partial charge in [0.2, 0.25) is 10.0 Å². The van der Waals surface area contributed by atoms with E-state index in [2.05, 4.69) is 4.72 Å². The SMILES string of the molecule is NC1CCC(OCCNS(=O)(=O)c2ccccc2Cl)CC1. The smallest absolute Gasteiger partial charge is 0.242 e. The van der Waals surface area contributed by atoms with E-state index in [0.717, 1.165) is 25.7 Å². The van der Waals surface area contributed by atoms with E-state index >= 15 is 0 Å². The molecule has 0 atom stereocenters. The number of rotatable bonds is 6. The van der Waals surface area contributed by atoms with Gasteiger partial charge >= 0.3 is 0 Å². The van der Waals surface area contributed by atoms with E-state index in [0.29, 0.717) is 6.61 Å². The number of sulfonamides is 1. The molecule has 5 nitrogen and oxygen atoms in total. The molecular formula is C14H21ClN2O3S. The van der Waals surface area contributed by atoms with E-state index in [1.807, 2.05) is 0 Å². The van der Waals surface area contributed by atoms with Gasteiger partial charge in [0.1, 0.15) is 4.90 Å². The van der Waals surface area contributed by atoms with Crippen molar-refractivity contribution in [1.29, 1.82) is 0 Å². The maximum Gasteiger partial charge on any atom is 0.242 e. The molecule has 2 rings (SSSR count). The van der Waals surface area contributed by atoms with Crippen LogP contribution in [0.25, 0.3) is 0 Å². The van der Waals surface area contributed by atoms with Gasteiger partial charge in [0.05, 0.1) is 17.7 Å². The Balaban J connectivity index is 1.77. The van der Waals surface area contributed by atoms with Crippen LogP contribution in [-0.2, 0) is 14.8 Å². The van der Waals surface area contributed by atoms with Gasteiger partial charge < -0.3 is 10.5 Å². The lowest BCUT2D eigenvalue weighted by Crippen LogP contribution is -2.33. The molecule has 0 amide bonds. The fraction of sp³-hybridized carbons (Fsp3) is 0.571. The summed E-state index contributed by atoms with van der Waals surface area (Å²) in [6.07, 6.45) is 4.01. The Bertz CT molecular complexity index is 557. The summed E-state index contributed by atoms with van der Waals surface area (Å²) < 4.78 is 32.3. The minimum atomic E-state index is -3.58. The van der Waals surface area contributed by atoms with Gasteiger partial charge in [0.15, 0.2) is 0 Å². The summed E-state index contributed by atoms with van der Waals surface area (Å²) in [5.41, 5.74) is 5.83. The van der Waals surface area contributed by atoms with Crippen molar-refractivity contribution in [3.05, 3.63) is 29.3 Å². The van der Waals surface area contributed by atoms with Crippen LogP contribution in [-0.4, -0.2) is 33.7 Å². The second-order valence-corrected chi connectivity index (χ2v) is 7.38. The first-order valence-electron chi connectivity index (χ1n) is 7.10. The van der Waals surface area contributed by atoms with E-state index in [1.54, 1.807) is 18.2 Å². The fourth-order valence-electron chi connectivity index (χ4n) is 2.40. The van der Waals surface area contributed by atoms with Crippen LogP contribution in [0.15, 0.2) is 29.2 Å². The predicted molar refractivity (Wildman–Crippen MR) is 82.8 cm³/mol. The second-order valence-electron chi connectivity index (χ2n) is 5.24. The van der Waals surface area contributed by atoms with Gasteiger partial charge in [-0.05, 0) is 37.8 Å². The Morgan fingerprint density at radius 1 is 1.24 bits per heavy atom. The molecule has 118 valence electrons. The van der Waals surface area contributed by atoms with Gasteiger partial charge in [0, 0.05) is 12.6 Å². The van der Waals surface area contributed by atoms with Crippen LogP contribution >= 0.6 is 11.6 Å². The average Bonchev–Trinajstić information content (AvgIpc) is 2.46. The Morgan fingerprint density at radius 2 is 1.90 bits per heavy atom. The predicted octanol–water partition coefficient (Wildman–Crippen LogP) is 1.90. The molecule has 0 heterocycles. The molecule has 3 N–H and O–H groups in total. The maximum atomic E-state index is 12.1. The van der Waals surface area contributed by atoms with Crippen LogP contribution in [0.1, 0.15) is 25.7 Å². The number of hydrogen-bond acceptors (Lipinski definition) is 4. The molecule has 0 radical (unpaired) electrons. The van der Waals surface area contributed by atoms with Crippen LogP contribution in [0.4, 0.5) is 0 Å². The quantitative estimate of drug-likeness (QED) is 0.780. The van der Waals surface area contributed by atoms with Gasteiger partial charge in [-0.2, -0.15) is 0 Å². The lowest BCUT2D eigenvalue weighted by molar-refractivity contribution is 0.0287. The van der Waals surface area contributed by atoms with Crippen LogP contribution in [0, 0.1) is 0 Å². The summed E-state index contributed by atoms with van der Waals surface area (Å²) in [6, 6.07) is 6.65. The molecule has 0 spiro atoms. The van der Waals surface area contributed by atoms with E-state index in [-0.39, 0.29) is 28.6 Å². The zero-order valence-corrected chi connectivity index (χ0v) is 13.4. The van der Waals surface area contributed by atoms with Crippen molar-refractivity contribution in [2.75, 3.05) is 13.2 Å². The minimum absolute atomic E-state index is 0.0929. The normalized spacial score (nSPS) is 23.1. The monoisotopic (exact) mass is 332 g/mol. The largest absolute Gasteiger partial charge is 0.377 e. The summed E-state index contributed by atoms with van der Waals surface area (Å²) in [4.78, 5) is 0.0929. The van der Waals surface area contributed by atoms with E-state index in [4.69, 9.17) is 22.1 Å². The Hall–Kier alpha value is -0.660. The lowest BCUT2D eigenvalue weighted by Gasteiger charge is -2.26. The Morgan fingerprint density at radius 3 is 2.57 bits per heavy atom. The zero-order chi connectivity index (χ0) is 15.3. The summed E-state index contributed by atoms with van der Waals surface area (Å²) in [7, 11) is -3.58. The third-order valence-corrected chi connectivity index (χ3v) is 5.55. The number of benzene rings is 1. The molecule has 1 fully saturated rings. The van der Waals surface area contributed by atoms with Crippen molar-refractivity contribution in [3.63, 3.8) is 0 Å². The number of halogens is 1. The number of hydrogen-bond donors (Lipinski definition) is 2. The van der Waals surface area contributed by atoms with Gasteiger partial charge in [-0.15, -0.1) is 0 Å². The standard InChI is InChI=1S/C14H21ClN2O3S/c15-13-3-1-2-4-14(13)21(18,19)17-9-10-20-12-7-5-11(16)6-8-12/h1-4,11-12,17H,5-10,16H2. The van der Waals surface area contributed by atoms with Gasteiger partial charge in [-0.25, -0.2) is 13.1 Å². The molecule has 1 aromatic carbocycles. The first kappa shape index (κ1) is 16.7. The third-order valence-electron chi connectivity index (χ3n) is 3.59. The summed E-state index contributed by atoms with van der Waals surface area (Å²) in [5, 5.41) is 0.215. The highest BCUT2D eigenvalue weighted by Crippen LogP contribution is 2.21. The van der Waals surface area contributed by atoms with Crippen LogP contribution in [0.5, 0.6) is 0 Å². The minimum Gasteiger partial charge on any atom is -0.377 e. The fourth-order valence-corrected chi connectivity index (χ4v) is 3.93. The average molecular weight is 333 g/mol. The second kappa shape index (κ2) is 7.56. The molecular weight excluding hydrogens is 312 g/mol. The van der Waals surface area contributed by atoms with Crippen molar-refractivity contribution in [1.82, 2.24) is 4.72 Å². The molecule has 1 aliphatic carbocycles. The molecule has 1 saturated carbocycles. The summed E-state index contributed by atoms with van der Waals surface area (Å²) in [5.74, 6) is 0. The molecule has 7 heteroatoms. The molecule has 0 aliphatic heterocycles. The molecule has 1 aliphatic rings. The maximum absolute atomic E-state index is 12.1. The lowest BCUT2D eigenvalue weighted by atomic mass is 9.94. The van der Waals surface area contributed by atoms with E-state index in [1.165, 1.54) is 6.07 Å². The van der Waals surface area contributed by atoms with E-state index < -0.39 is 10.0 Å². The highest BCUT2D eigenvalue weighted by atomic mass is 35.5. The Kier molecular flexibility index (Phi) is 6.01. The van der Waals surface area contributed by atoms with Crippen molar-refractivity contribution in [2.45, 2.75) is 42.7 Å². The first-order chi connectivity index (χ1) is 9.99. The molecule has 0 bridgehead atoms. The summed E-state index contributed by atoms with van der Waals surface area (Å²) in [6.45, 7) is 0.583. The molecule has 1 aromatic rings. The van der Waals surface area contributed by atoms with Crippen molar-refractivity contribution in [2.24, 2.45) is 5.73 Å². The number of nitrogens with one attached hydrogen (secondary N) is 1. The highest BCUT2D eigenvalue weighted by Gasteiger charge is 2.20. The van der Waals surface area contributed by atoms with Gasteiger partial charge in [-0.3, -0.25) is 0 Å². The van der Waals surface area contributed by atoms with Crippen molar-refractivity contribution < 1.29 is 13.2 Å². The van der Waals surface area contributed by atoms with Gasteiger partial charge in [-0.1, -0.05) is 23.7 Å². The molecule has 0 saturated heterocycles. The van der Waals surface area contributed by atoms with Crippen molar-refractivity contribution >= 4 is 21.6 Å². The van der Waals surface area contributed by atoms with Crippen molar-refractivity contribution in [3.8, 4) is 0 Å². The van der Waals surface area contributed by atoms with Gasteiger partial charge in [0.25, 0.3) is 0 Å². The van der Waals surface area contributed by atoms with E-state index in [9.17, 15) is 8.42 Å². The Labute approximate surface area is 130 Å². The first-order valence-corrected chi connectivity index (χ1v) is 8.96. The topological polar surface area (TPSA) is 81.4 Å². The molecule has 0 unspecified atom stereocenters. The number of ether oxygens (including phenoxy) is 1. The van der Waals surface area contributed by atoms with Crippen LogP contribution in [0.2, 0.25) is 5.02 Å². The highest BCUT2D eigenvalue weighted by molar-refractivity contribution is 7.89. The molecule has 21 heavy (non-hydrogen) atoms.